The molecule has 7 heteroatoms. The zero-order chi connectivity index (χ0) is 18.4. The van der Waals surface area contributed by atoms with Crippen molar-refractivity contribution in [3.05, 3.63) is 68.7 Å². The monoisotopic (exact) mass is 362 g/mol. The minimum absolute atomic E-state index is 0.0431. The van der Waals surface area contributed by atoms with E-state index in [-0.39, 0.29) is 18.1 Å². The number of amides is 1. The van der Waals surface area contributed by atoms with Crippen LogP contribution in [0, 0.1) is 10.1 Å². The number of rotatable bonds is 7. The zero-order valence-corrected chi connectivity index (χ0v) is 14.8. The molecule has 2 aromatic carbocycles. The summed E-state index contributed by atoms with van der Waals surface area (Å²) in [7, 11) is 3.26. The molecule has 0 N–H and O–H groups in total. The number of nitro groups is 1. The Morgan fingerprint density at radius 2 is 1.92 bits per heavy atom. The number of halogens is 1. The van der Waals surface area contributed by atoms with E-state index < -0.39 is 4.92 Å². The third kappa shape index (κ3) is 5.19. The number of aryl methyl sites for hydroxylation is 1. The average Bonchev–Trinajstić information content (AvgIpc) is 2.61. The van der Waals surface area contributed by atoms with Gasteiger partial charge in [-0.3, -0.25) is 14.9 Å². The molecule has 2 aromatic rings. The van der Waals surface area contributed by atoms with Crippen LogP contribution in [0.15, 0.2) is 42.5 Å². The van der Waals surface area contributed by atoms with E-state index in [1.807, 2.05) is 24.3 Å². The van der Waals surface area contributed by atoms with Gasteiger partial charge in [-0.15, -0.1) is 0 Å². The van der Waals surface area contributed by atoms with E-state index in [2.05, 4.69) is 0 Å². The molecule has 0 unspecified atom stereocenters. The van der Waals surface area contributed by atoms with Crippen LogP contribution in [0.5, 0.6) is 5.75 Å². The molecule has 0 aliphatic rings. The second-order valence-electron chi connectivity index (χ2n) is 5.63. The van der Waals surface area contributed by atoms with Crippen LogP contribution in [0.3, 0.4) is 0 Å². The molecular formula is C18H19ClN2O4. The number of nitro benzene ring substituents is 1. The number of ether oxygens (including phenoxy) is 1. The summed E-state index contributed by atoms with van der Waals surface area (Å²) in [6.45, 7) is 0.224. The van der Waals surface area contributed by atoms with E-state index in [0.29, 0.717) is 23.4 Å². The molecule has 1 amide bonds. The highest BCUT2D eigenvalue weighted by molar-refractivity contribution is 6.31. The van der Waals surface area contributed by atoms with Gasteiger partial charge in [0.2, 0.25) is 5.91 Å². The van der Waals surface area contributed by atoms with Gasteiger partial charge in [-0.25, -0.2) is 0 Å². The lowest BCUT2D eigenvalue weighted by atomic mass is 10.1. The fraction of sp³-hybridized carbons (Fsp3) is 0.278. The highest BCUT2D eigenvalue weighted by Gasteiger charge is 2.14. The predicted molar refractivity (Wildman–Crippen MR) is 95.9 cm³/mol. The summed E-state index contributed by atoms with van der Waals surface area (Å²) in [5.41, 5.74) is 1.55. The smallest absolute Gasteiger partial charge is 0.269 e. The van der Waals surface area contributed by atoms with Gasteiger partial charge < -0.3 is 9.64 Å². The fourth-order valence-electron chi connectivity index (χ4n) is 2.37. The van der Waals surface area contributed by atoms with Crippen molar-refractivity contribution < 1.29 is 14.5 Å². The Kier molecular flexibility index (Phi) is 6.36. The molecule has 0 aromatic heterocycles. The predicted octanol–water partition coefficient (Wildman–Crippen LogP) is 3.85. The van der Waals surface area contributed by atoms with Crippen LogP contribution in [-0.2, 0) is 17.8 Å². The van der Waals surface area contributed by atoms with Gasteiger partial charge in [0.15, 0.2) is 0 Å². The minimum Gasteiger partial charge on any atom is -0.497 e. The van der Waals surface area contributed by atoms with Gasteiger partial charge >= 0.3 is 0 Å². The van der Waals surface area contributed by atoms with Crippen LogP contribution in [-0.4, -0.2) is 29.9 Å². The van der Waals surface area contributed by atoms with Crippen molar-refractivity contribution in [2.45, 2.75) is 19.4 Å². The quantitative estimate of drug-likeness (QED) is 0.554. The summed E-state index contributed by atoms with van der Waals surface area (Å²) >= 11 is 6.08. The molecule has 6 nitrogen and oxygen atoms in total. The second kappa shape index (κ2) is 8.48. The van der Waals surface area contributed by atoms with E-state index >= 15 is 0 Å². The lowest BCUT2D eigenvalue weighted by Crippen LogP contribution is -2.26. The van der Waals surface area contributed by atoms with Gasteiger partial charge in [-0.1, -0.05) is 23.7 Å². The van der Waals surface area contributed by atoms with Crippen molar-refractivity contribution in [1.82, 2.24) is 4.90 Å². The lowest BCUT2D eigenvalue weighted by Gasteiger charge is -2.18. The highest BCUT2D eigenvalue weighted by Crippen LogP contribution is 2.23. The first-order valence-electron chi connectivity index (χ1n) is 7.70. The lowest BCUT2D eigenvalue weighted by molar-refractivity contribution is -0.384. The largest absolute Gasteiger partial charge is 0.497 e. The van der Waals surface area contributed by atoms with Crippen molar-refractivity contribution in [3.8, 4) is 5.75 Å². The summed E-state index contributed by atoms with van der Waals surface area (Å²) in [4.78, 5) is 24.2. The van der Waals surface area contributed by atoms with Crippen molar-refractivity contribution in [1.29, 1.82) is 0 Å². The fourth-order valence-corrected chi connectivity index (χ4v) is 2.55. The summed E-state index contributed by atoms with van der Waals surface area (Å²) < 4.78 is 5.10. The maximum atomic E-state index is 12.3. The number of hydrogen-bond acceptors (Lipinski definition) is 4. The molecule has 0 saturated carbocycles. The maximum Gasteiger partial charge on any atom is 0.269 e. The zero-order valence-electron chi connectivity index (χ0n) is 14.1. The summed E-state index contributed by atoms with van der Waals surface area (Å²) in [6.07, 6.45) is 0.950. The Balaban J connectivity index is 1.95. The Labute approximate surface area is 151 Å². The first kappa shape index (κ1) is 18.7. The Hall–Kier alpha value is -2.60. The van der Waals surface area contributed by atoms with Crippen LogP contribution in [0.25, 0.3) is 0 Å². The first-order valence-corrected chi connectivity index (χ1v) is 8.08. The molecular weight excluding hydrogens is 344 g/mol. The summed E-state index contributed by atoms with van der Waals surface area (Å²) in [5.74, 6) is 0.714. The van der Waals surface area contributed by atoms with Crippen LogP contribution < -0.4 is 4.74 Å². The molecule has 25 heavy (non-hydrogen) atoms. The van der Waals surface area contributed by atoms with Gasteiger partial charge in [0.05, 0.1) is 12.0 Å². The normalized spacial score (nSPS) is 10.4. The van der Waals surface area contributed by atoms with E-state index in [0.717, 1.165) is 11.3 Å². The molecule has 0 spiro atoms. The average molecular weight is 363 g/mol. The van der Waals surface area contributed by atoms with Crippen LogP contribution >= 0.6 is 11.6 Å². The van der Waals surface area contributed by atoms with Gasteiger partial charge in [-0.05, 0) is 35.7 Å². The number of hydrogen-bond donors (Lipinski definition) is 0. The summed E-state index contributed by atoms with van der Waals surface area (Å²) in [6, 6.07) is 11.8. The third-order valence-electron chi connectivity index (χ3n) is 3.86. The van der Waals surface area contributed by atoms with E-state index in [4.69, 9.17) is 16.3 Å². The van der Waals surface area contributed by atoms with Crippen LogP contribution in [0.2, 0.25) is 5.02 Å². The van der Waals surface area contributed by atoms with Gasteiger partial charge in [0, 0.05) is 37.2 Å². The van der Waals surface area contributed by atoms with Crippen molar-refractivity contribution in [2.24, 2.45) is 0 Å². The standard InChI is InChI=1S/C18H19ClN2O4/c1-20(12-14-11-15(21(23)24)6-9-17(14)19)18(22)10-5-13-3-7-16(25-2)8-4-13/h3-4,6-9,11H,5,10,12H2,1-2H3. The molecule has 0 atom stereocenters. The molecule has 0 heterocycles. The third-order valence-corrected chi connectivity index (χ3v) is 4.23. The van der Waals surface area contributed by atoms with Gasteiger partial charge in [0.1, 0.15) is 5.75 Å². The number of nitrogens with zero attached hydrogens (tertiary/aromatic N) is 2. The Morgan fingerprint density at radius 3 is 2.52 bits per heavy atom. The van der Waals surface area contributed by atoms with Crippen LogP contribution in [0.4, 0.5) is 5.69 Å². The number of methoxy groups -OCH3 is 1. The van der Waals surface area contributed by atoms with E-state index in [1.54, 1.807) is 14.2 Å². The first-order chi connectivity index (χ1) is 11.9. The second-order valence-corrected chi connectivity index (χ2v) is 6.04. The topological polar surface area (TPSA) is 72.7 Å². The SMILES string of the molecule is COc1ccc(CCC(=O)N(C)Cc2cc([N+](=O)[O-])ccc2Cl)cc1. The molecule has 0 fully saturated rings. The molecule has 132 valence electrons. The molecule has 0 aliphatic heterocycles. The summed E-state index contributed by atoms with van der Waals surface area (Å²) in [5, 5.41) is 11.3. The number of carbonyl (C=O) groups excluding carboxylic acids is 1. The van der Waals surface area contributed by atoms with Gasteiger partial charge in [-0.2, -0.15) is 0 Å². The number of carbonyl (C=O) groups is 1. The molecule has 2 rings (SSSR count). The van der Waals surface area contributed by atoms with Crippen molar-refractivity contribution in [3.63, 3.8) is 0 Å². The number of benzene rings is 2. The van der Waals surface area contributed by atoms with Crippen LogP contribution in [0.1, 0.15) is 17.5 Å². The molecule has 0 saturated heterocycles. The minimum atomic E-state index is -0.481. The highest BCUT2D eigenvalue weighted by atomic mass is 35.5. The van der Waals surface area contributed by atoms with Crippen molar-refractivity contribution >= 4 is 23.2 Å². The Bertz CT molecular complexity index is 762. The number of non-ortho nitro benzene ring substituents is 1. The van der Waals surface area contributed by atoms with Crippen molar-refractivity contribution in [2.75, 3.05) is 14.2 Å². The van der Waals surface area contributed by atoms with E-state index in [1.165, 1.54) is 23.1 Å². The van der Waals surface area contributed by atoms with Gasteiger partial charge in [0.25, 0.3) is 5.69 Å². The molecule has 0 bridgehead atoms. The van der Waals surface area contributed by atoms with E-state index in [9.17, 15) is 14.9 Å². The molecule has 0 aliphatic carbocycles. The molecule has 0 radical (unpaired) electrons. The maximum absolute atomic E-state index is 12.3. The Morgan fingerprint density at radius 1 is 1.24 bits per heavy atom.